The Morgan fingerprint density at radius 1 is 1.56 bits per heavy atom. The molecule has 0 aliphatic carbocycles. The molecule has 94 valence electrons. The predicted molar refractivity (Wildman–Crippen MR) is 74.8 cm³/mol. The molecule has 0 saturated carbocycles. The molecule has 0 aromatic carbocycles. The second kappa shape index (κ2) is 5.67. The average Bonchev–Trinajstić information content (AvgIpc) is 2.35. The Labute approximate surface area is 117 Å². The van der Waals surface area contributed by atoms with Gasteiger partial charge in [-0.15, -0.1) is 11.8 Å². The van der Waals surface area contributed by atoms with E-state index in [0.29, 0.717) is 6.42 Å². The second-order valence-electron chi connectivity index (χ2n) is 3.68. The van der Waals surface area contributed by atoms with Gasteiger partial charge in [-0.2, -0.15) is 0 Å². The van der Waals surface area contributed by atoms with Crippen molar-refractivity contribution in [3.05, 3.63) is 29.0 Å². The predicted octanol–water partition coefficient (Wildman–Crippen LogP) is 3.35. The fraction of sp³-hybridized carbons (Fsp3) is 0.250. The van der Waals surface area contributed by atoms with Crippen LogP contribution in [0.25, 0.3) is 11.0 Å². The maximum Gasteiger partial charge on any atom is 0.316 e. The standard InChI is InChI=1S/C12H11BrN2O2S/c1-2-9(12(16)17)18-10-3-4-14-8-5-7(13)6-15-11(8)10/h3-6,9H,2H2,1H3,(H,16,17). The Balaban J connectivity index is 2.42. The van der Waals surface area contributed by atoms with Crippen LogP contribution in [0.4, 0.5) is 0 Å². The summed E-state index contributed by atoms with van der Waals surface area (Å²) < 4.78 is 0.856. The number of pyridine rings is 2. The summed E-state index contributed by atoms with van der Waals surface area (Å²) in [5, 5.41) is 8.63. The molecule has 2 rings (SSSR count). The smallest absolute Gasteiger partial charge is 0.316 e. The summed E-state index contributed by atoms with van der Waals surface area (Å²) in [5.41, 5.74) is 1.50. The Kier molecular flexibility index (Phi) is 4.19. The molecule has 4 nitrogen and oxygen atoms in total. The highest BCUT2D eigenvalue weighted by Crippen LogP contribution is 2.30. The molecule has 0 fully saturated rings. The normalized spacial score (nSPS) is 12.6. The molecule has 1 N–H and O–H groups in total. The number of halogens is 1. The lowest BCUT2D eigenvalue weighted by molar-refractivity contribution is -0.136. The van der Waals surface area contributed by atoms with Crippen LogP contribution in [0.2, 0.25) is 0 Å². The molecule has 0 aliphatic rings. The van der Waals surface area contributed by atoms with E-state index in [9.17, 15) is 4.79 Å². The van der Waals surface area contributed by atoms with Crippen LogP contribution < -0.4 is 0 Å². The summed E-state index contributed by atoms with van der Waals surface area (Å²) in [6, 6.07) is 3.67. The Morgan fingerprint density at radius 2 is 2.33 bits per heavy atom. The van der Waals surface area contributed by atoms with Gasteiger partial charge in [0.05, 0.1) is 5.52 Å². The molecule has 0 spiro atoms. The summed E-state index contributed by atoms with van der Waals surface area (Å²) in [4.78, 5) is 20.4. The van der Waals surface area contributed by atoms with Crippen LogP contribution in [0.5, 0.6) is 0 Å². The third-order valence-electron chi connectivity index (χ3n) is 2.42. The van der Waals surface area contributed by atoms with Crippen molar-refractivity contribution in [2.24, 2.45) is 0 Å². The van der Waals surface area contributed by atoms with Crippen molar-refractivity contribution in [1.29, 1.82) is 0 Å². The zero-order valence-electron chi connectivity index (χ0n) is 9.63. The van der Waals surface area contributed by atoms with Crippen LogP contribution in [0, 0.1) is 0 Å². The largest absolute Gasteiger partial charge is 0.480 e. The van der Waals surface area contributed by atoms with E-state index in [4.69, 9.17) is 5.11 Å². The molecular formula is C12H11BrN2O2S. The maximum atomic E-state index is 11.1. The molecular weight excluding hydrogens is 316 g/mol. The Morgan fingerprint density at radius 3 is 3.00 bits per heavy atom. The lowest BCUT2D eigenvalue weighted by atomic mass is 10.3. The Bertz CT molecular complexity index is 591. The van der Waals surface area contributed by atoms with Gasteiger partial charge in [-0.25, -0.2) is 0 Å². The first-order chi connectivity index (χ1) is 8.61. The van der Waals surface area contributed by atoms with Crippen molar-refractivity contribution in [2.75, 3.05) is 0 Å². The summed E-state index contributed by atoms with van der Waals surface area (Å²) in [5.74, 6) is -0.801. The molecule has 0 amide bonds. The quantitative estimate of drug-likeness (QED) is 0.873. The maximum absolute atomic E-state index is 11.1. The van der Waals surface area contributed by atoms with E-state index in [1.807, 2.05) is 13.0 Å². The van der Waals surface area contributed by atoms with E-state index in [1.54, 1.807) is 18.5 Å². The highest BCUT2D eigenvalue weighted by Gasteiger charge is 2.18. The molecule has 2 aromatic rings. The van der Waals surface area contributed by atoms with Crippen molar-refractivity contribution in [1.82, 2.24) is 9.97 Å². The summed E-state index contributed by atoms with van der Waals surface area (Å²) >= 11 is 4.66. The third kappa shape index (κ3) is 2.81. The van der Waals surface area contributed by atoms with Crippen LogP contribution in [-0.4, -0.2) is 26.3 Å². The van der Waals surface area contributed by atoms with E-state index >= 15 is 0 Å². The van der Waals surface area contributed by atoms with Crippen molar-refractivity contribution < 1.29 is 9.90 Å². The fourth-order valence-corrected chi connectivity index (χ4v) is 2.84. The van der Waals surface area contributed by atoms with Gasteiger partial charge in [0.15, 0.2) is 0 Å². The van der Waals surface area contributed by atoms with Gasteiger partial charge in [-0.1, -0.05) is 6.92 Å². The van der Waals surface area contributed by atoms with E-state index < -0.39 is 11.2 Å². The number of rotatable bonds is 4. The summed E-state index contributed by atoms with van der Waals surface area (Å²) in [6.07, 6.45) is 3.93. The van der Waals surface area contributed by atoms with Crippen LogP contribution >= 0.6 is 27.7 Å². The number of nitrogens with zero attached hydrogens (tertiary/aromatic N) is 2. The first-order valence-electron chi connectivity index (χ1n) is 5.41. The molecule has 2 aromatic heterocycles. The van der Waals surface area contributed by atoms with E-state index in [0.717, 1.165) is 20.4 Å². The SMILES string of the molecule is CCC(Sc1ccnc2cc(Br)cnc12)C(=O)O. The first kappa shape index (κ1) is 13.3. The molecule has 2 heterocycles. The van der Waals surface area contributed by atoms with Gasteiger partial charge in [0.25, 0.3) is 0 Å². The highest BCUT2D eigenvalue weighted by molar-refractivity contribution is 9.10. The molecule has 0 bridgehead atoms. The molecule has 0 aliphatic heterocycles. The minimum atomic E-state index is -0.801. The second-order valence-corrected chi connectivity index (χ2v) is 5.84. The third-order valence-corrected chi connectivity index (χ3v) is 4.26. The van der Waals surface area contributed by atoms with Crippen molar-refractivity contribution in [2.45, 2.75) is 23.5 Å². The van der Waals surface area contributed by atoms with E-state index in [1.165, 1.54) is 11.8 Å². The number of thioether (sulfide) groups is 1. The minimum Gasteiger partial charge on any atom is -0.480 e. The highest BCUT2D eigenvalue weighted by atomic mass is 79.9. The van der Waals surface area contributed by atoms with Crippen molar-refractivity contribution in [3.63, 3.8) is 0 Å². The van der Waals surface area contributed by atoms with E-state index in [2.05, 4.69) is 25.9 Å². The molecule has 6 heteroatoms. The van der Waals surface area contributed by atoms with Crippen LogP contribution in [0.1, 0.15) is 13.3 Å². The number of aliphatic carboxylic acids is 1. The zero-order valence-corrected chi connectivity index (χ0v) is 12.0. The lowest BCUT2D eigenvalue weighted by Gasteiger charge is -2.10. The van der Waals surface area contributed by atoms with Crippen LogP contribution in [-0.2, 0) is 4.79 Å². The van der Waals surface area contributed by atoms with Gasteiger partial charge < -0.3 is 5.11 Å². The van der Waals surface area contributed by atoms with Gasteiger partial charge in [0.2, 0.25) is 0 Å². The van der Waals surface area contributed by atoms with Gasteiger partial charge in [-0.3, -0.25) is 14.8 Å². The summed E-state index contributed by atoms with van der Waals surface area (Å²) in [7, 11) is 0. The van der Waals surface area contributed by atoms with Gasteiger partial charge in [0.1, 0.15) is 10.8 Å². The molecule has 0 radical (unpaired) electrons. The van der Waals surface area contributed by atoms with Gasteiger partial charge >= 0.3 is 5.97 Å². The first-order valence-corrected chi connectivity index (χ1v) is 7.08. The molecule has 0 saturated heterocycles. The van der Waals surface area contributed by atoms with Gasteiger partial charge in [0, 0.05) is 21.8 Å². The van der Waals surface area contributed by atoms with Gasteiger partial charge in [-0.05, 0) is 34.5 Å². The number of hydrogen-bond acceptors (Lipinski definition) is 4. The zero-order chi connectivity index (χ0) is 13.1. The molecule has 18 heavy (non-hydrogen) atoms. The lowest BCUT2D eigenvalue weighted by Crippen LogP contribution is -2.14. The number of carboxylic acids is 1. The summed E-state index contributed by atoms with van der Waals surface area (Å²) in [6.45, 7) is 1.86. The number of aromatic nitrogens is 2. The monoisotopic (exact) mass is 326 g/mol. The van der Waals surface area contributed by atoms with Crippen molar-refractivity contribution in [3.8, 4) is 0 Å². The Hall–Kier alpha value is -1.14. The average molecular weight is 327 g/mol. The number of fused-ring (bicyclic) bond motifs is 1. The number of carboxylic acid groups (broad SMARTS) is 1. The number of carbonyl (C=O) groups is 1. The number of hydrogen-bond donors (Lipinski definition) is 1. The molecule has 1 unspecified atom stereocenters. The van der Waals surface area contributed by atoms with Crippen molar-refractivity contribution >= 4 is 44.7 Å². The fourth-order valence-electron chi connectivity index (χ4n) is 1.54. The van der Waals surface area contributed by atoms with Crippen LogP contribution in [0.3, 0.4) is 0 Å². The van der Waals surface area contributed by atoms with E-state index in [-0.39, 0.29) is 0 Å². The van der Waals surface area contributed by atoms with Crippen LogP contribution in [0.15, 0.2) is 33.9 Å². The topological polar surface area (TPSA) is 63.1 Å². The minimum absolute atomic E-state index is 0.457. The molecule has 1 atom stereocenters.